The zero-order chi connectivity index (χ0) is 13.3. The van der Waals surface area contributed by atoms with Crippen molar-refractivity contribution in [1.82, 2.24) is 5.32 Å². The van der Waals surface area contributed by atoms with Crippen molar-refractivity contribution >= 4 is 33.0 Å². The summed E-state index contributed by atoms with van der Waals surface area (Å²) in [5.41, 5.74) is 1.01. The molecule has 1 saturated heterocycles. The Balaban J connectivity index is 2.04. The summed E-state index contributed by atoms with van der Waals surface area (Å²) in [6, 6.07) is 5.54. The molecule has 1 aromatic rings. The minimum Gasteiger partial charge on any atom is -0.306 e. The van der Waals surface area contributed by atoms with Gasteiger partial charge in [0.15, 0.2) is 9.84 Å². The SMILES string of the molecule is CC(NC1CCS(=O)(=O)C1)c1ccc(Cl)c(Cl)c1. The molecule has 3 nitrogen and oxygen atoms in total. The van der Waals surface area contributed by atoms with Gasteiger partial charge in [-0.05, 0) is 31.0 Å². The Morgan fingerprint density at radius 3 is 2.61 bits per heavy atom. The van der Waals surface area contributed by atoms with Gasteiger partial charge >= 0.3 is 0 Å². The maximum absolute atomic E-state index is 11.4. The van der Waals surface area contributed by atoms with Crippen LogP contribution in [-0.2, 0) is 9.84 Å². The highest BCUT2D eigenvalue weighted by molar-refractivity contribution is 7.91. The van der Waals surface area contributed by atoms with Gasteiger partial charge in [0.2, 0.25) is 0 Å². The van der Waals surface area contributed by atoms with Gasteiger partial charge in [0.25, 0.3) is 0 Å². The third-order valence-electron chi connectivity index (χ3n) is 3.16. The molecular formula is C12H15Cl2NO2S. The van der Waals surface area contributed by atoms with E-state index in [9.17, 15) is 8.42 Å². The molecular weight excluding hydrogens is 293 g/mol. The molecule has 1 aliphatic rings. The molecule has 1 heterocycles. The standard InChI is InChI=1S/C12H15Cl2NO2S/c1-8(9-2-3-11(13)12(14)6-9)15-10-4-5-18(16,17)7-10/h2-3,6,8,10,15H,4-5,7H2,1H3. The molecule has 0 amide bonds. The summed E-state index contributed by atoms with van der Waals surface area (Å²) in [7, 11) is -2.85. The van der Waals surface area contributed by atoms with Crippen LogP contribution < -0.4 is 5.32 Å². The van der Waals surface area contributed by atoms with Crippen molar-refractivity contribution in [1.29, 1.82) is 0 Å². The number of nitrogens with one attached hydrogen (secondary N) is 1. The predicted molar refractivity (Wildman–Crippen MR) is 75.1 cm³/mol. The van der Waals surface area contributed by atoms with Crippen molar-refractivity contribution in [3.05, 3.63) is 33.8 Å². The number of hydrogen-bond donors (Lipinski definition) is 1. The van der Waals surface area contributed by atoms with Gasteiger partial charge in [-0.25, -0.2) is 8.42 Å². The summed E-state index contributed by atoms with van der Waals surface area (Å²) < 4.78 is 22.8. The summed E-state index contributed by atoms with van der Waals surface area (Å²) in [5, 5.41) is 4.36. The Morgan fingerprint density at radius 2 is 2.06 bits per heavy atom. The summed E-state index contributed by atoms with van der Waals surface area (Å²) in [6.07, 6.45) is 0.675. The van der Waals surface area contributed by atoms with Gasteiger partial charge in [-0.3, -0.25) is 0 Å². The van der Waals surface area contributed by atoms with Gasteiger partial charge in [-0.1, -0.05) is 29.3 Å². The lowest BCUT2D eigenvalue weighted by Crippen LogP contribution is -2.32. The van der Waals surface area contributed by atoms with Crippen LogP contribution in [0.4, 0.5) is 0 Å². The van der Waals surface area contributed by atoms with Crippen LogP contribution >= 0.6 is 23.2 Å². The topological polar surface area (TPSA) is 46.2 Å². The van der Waals surface area contributed by atoms with Crippen LogP contribution in [-0.4, -0.2) is 26.0 Å². The molecule has 1 fully saturated rings. The van der Waals surface area contributed by atoms with Crippen LogP contribution in [0.2, 0.25) is 10.0 Å². The fourth-order valence-electron chi connectivity index (χ4n) is 2.16. The number of benzene rings is 1. The van der Waals surface area contributed by atoms with Crippen molar-refractivity contribution < 1.29 is 8.42 Å². The number of hydrogen-bond acceptors (Lipinski definition) is 3. The summed E-state index contributed by atoms with van der Waals surface area (Å²) in [5.74, 6) is 0.497. The third-order valence-corrected chi connectivity index (χ3v) is 5.67. The van der Waals surface area contributed by atoms with Gasteiger partial charge in [0, 0.05) is 12.1 Å². The number of halogens is 2. The maximum atomic E-state index is 11.4. The Morgan fingerprint density at radius 1 is 1.33 bits per heavy atom. The van der Waals surface area contributed by atoms with E-state index in [1.807, 2.05) is 19.1 Å². The molecule has 6 heteroatoms. The summed E-state index contributed by atoms with van der Waals surface area (Å²) >= 11 is 11.8. The van der Waals surface area contributed by atoms with E-state index in [1.165, 1.54) is 0 Å². The second-order valence-corrected chi connectivity index (χ2v) is 7.70. The molecule has 0 saturated carbocycles. The van der Waals surface area contributed by atoms with Crippen LogP contribution in [0.25, 0.3) is 0 Å². The van der Waals surface area contributed by atoms with Crippen molar-refractivity contribution in [3.8, 4) is 0 Å². The normalized spacial score (nSPS) is 24.1. The van der Waals surface area contributed by atoms with Crippen molar-refractivity contribution in [3.63, 3.8) is 0 Å². The zero-order valence-corrected chi connectivity index (χ0v) is 12.3. The fraction of sp³-hybridized carbons (Fsp3) is 0.500. The van der Waals surface area contributed by atoms with E-state index in [4.69, 9.17) is 23.2 Å². The minimum atomic E-state index is -2.85. The zero-order valence-electron chi connectivity index (χ0n) is 9.99. The first-order valence-electron chi connectivity index (χ1n) is 5.79. The Hall–Kier alpha value is -0.290. The first kappa shape index (κ1) is 14.1. The molecule has 0 radical (unpaired) electrons. The molecule has 18 heavy (non-hydrogen) atoms. The van der Waals surface area contributed by atoms with E-state index in [0.29, 0.717) is 16.5 Å². The van der Waals surface area contributed by atoms with Crippen molar-refractivity contribution in [2.24, 2.45) is 0 Å². The minimum absolute atomic E-state index is 0.0273. The molecule has 2 atom stereocenters. The molecule has 0 aromatic heterocycles. The fourth-order valence-corrected chi connectivity index (χ4v) is 4.15. The molecule has 100 valence electrons. The van der Waals surface area contributed by atoms with Crippen molar-refractivity contribution in [2.45, 2.75) is 25.4 Å². The van der Waals surface area contributed by atoms with Crippen LogP contribution in [0.15, 0.2) is 18.2 Å². The second-order valence-electron chi connectivity index (χ2n) is 4.66. The average molecular weight is 308 g/mol. The smallest absolute Gasteiger partial charge is 0.151 e. The lowest BCUT2D eigenvalue weighted by atomic mass is 10.1. The Kier molecular flexibility index (Phi) is 4.22. The van der Waals surface area contributed by atoms with E-state index >= 15 is 0 Å². The number of sulfone groups is 1. The van der Waals surface area contributed by atoms with E-state index in [0.717, 1.165) is 5.56 Å². The van der Waals surface area contributed by atoms with E-state index in [-0.39, 0.29) is 23.6 Å². The second kappa shape index (κ2) is 5.37. The summed E-state index contributed by atoms with van der Waals surface area (Å²) in [6.45, 7) is 1.99. The van der Waals surface area contributed by atoms with Gasteiger partial charge < -0.3 is 5.32 Å². The Labute approximate surface area is 117 Å². The molecule has 0 aliphatic carbocycles. The average Bonchev–Trinajstić information content (AvgIpc) is 2.62. The Bertz CT molecular complexity index is 545. The van der Waals surface area contributed by atoms with Crippen LogP contribution in [0, 0.1) is 0 Å². The molecule has 2 unspecified atom stereocenters. The highest BCUT2D eigenvalue weighted by Gasteiger charge is 2.28. The maximum Gasteiger partial charge on any atom is 0.151 e. The van der Waals surface area contributed by atoms with E-state index < -0.39 is 9.84 Å². The van der Waals surface area contributed by atoms with Crippen LogP contribution in [0.3, 0.4) is 0 Å². The first-order chi connectivity index (χ1) is 8.37. The van der Waals surface area contributed by atoms with Gasteiger partial charge in [0.1, 0.15) is 0 Å². The van der Waals surface area contributed by atoms with Gasteiger partial charge in [-0.15, -0.1) is 0 Å². The number of rotatable bonds is 3. The van der Waals surface area contributed by atoms with Gasteiger partial charge in [-0.2, -0.15) is 0 Å². The molecule has 0 spiro atoms. The molecule has 1 aromatic carbocycles. The van der Waals surface area contributed by atoms with E-state index in [1.54, 1.807) is 6.07 Å². The molecule has 2 rings (SSSR count). The lowest BCUT2D eigenvalue weighted by molar-refractivity contribution is 0.485. The monoisotopic (exact) mass is 307 g/mol. The van der Waals surface area contributed by atoms with Crippen LogP contribution in [0.5, 0.6) is 0 Å². The molecule has 0 bridgehead atoms. The quantitative estimate of drug-likeness (QED) is 0.934. The largest absolute Gasteiger partial charge is 0.306 e. The van der Waals surface area contributed by atoms with Crippen molar-refractivity contribution in [2.75, 3.05) is 11.5 Å². The highest BCUT2D eigenvalue weighted by Crippen LogP contribution is 2.26. The predicted octanol–water partition coefficient (Wildman–Crippen LogP) is 2.83. The lowest BCUT2D eigenvalue weighted by Gasteiger charge is -2.19. The summed E-state index contributed by atoms with van der Waals surface area (Å²) in [4.78, 5) is 0. The molecule has 1 aliphatic heterocycles. The first-order valence-corrected chi connectivity index (χ1v) is 8.36. The third kappa shape index (κ3) is 3.38. The van der Waals surface area contributed by atoms with E-state index in [2.05, 4.69) is 5.32 Å². The highest BCUT2D eigenvalue weighted by atomic mass is 35.5. The molecule has 1 N–H and O–H groups in total. The van der Waals surface area contributed by atoms with Gasteiger partial charge in [0.05, 0.1) is 21.6 Å². The van der Waals surface area contributed by atoms with Crippen LogP contribution in [0.1, 0.15) is 24.9 Å².